The molecule has 0 bridgehead atoms. The molecule has 0 atom stereocenters. The van der Waals surface area contributed by atoms with Gasteiger partial charge in [0.05, 0.1) is 10.6 Å². The van der Waals surface area contributed by atoms with E-state index in [0.29, 0.717) is 0 Å². The van der Waals surface area contributed by atoms with Crippen molar-refractivity contribution < 1.29 is 13.0 Å². The largest absolute Gasteiger partial charge is 0.382 e. The van der Waals surface area contributed by atoms with Gasteiger partial charge in [-0.25, -0.2) is 0 Å². The number of aromatic nitrogens is 2. The van der Waals surface area contributed by atoms with Gasteiger partial charge in [0.25, 0.3) is 10.1 Å². The molecule has 0 saturated heterocycles. The molecule has 1 aromatic carbocycles. The van der Waals surface area contributed by atoms with Crippen molar-refractivity contribution in [1.29, 1.82) is 0 Å². The molecule has 10 nitrogen and oxygen atoms in total. The van der Waals surface area contributed by atoms with E-state index in [9.17, 15) is 8.42 Å². The Kier molecular flexibility index (Phi) is 3.69. The molecule has 0 unspecified atom stereocenters. The van der Waals surface area contributed by atoms with Crippen LogP contribution >= 0.6 is 0 Å². The molecule has 110 valence electrons. The van der Waals surface area contributed by atoms with Crippen LogP contribution in [-0.2, 0) is 10.1 Å². The zero-order valence-corrected chi connectivity index (χ0v) is 11.3. The average Bonchev–Trinajstić information content (AvgIpc) is 2.36. The second-order valence-electron chi connectivity index (χ2n) is 3.87. The van der Waals surface area contributed by atoms with Gasteiger partial charge in [0.1, 0.15) is 0 Å². The van der Waals surface area contributed by atoms with Crippen LogP contribution in [0.1, 0.15) is 0 Å². The predicted octanol–water partition coefficient (Wildman–Crippen LogP) is 0.885. The van der Waals surface area contributed by atoms with Crippen LogP contribution in [0.4, 0.5) is 29.0 Å². The molecule has 2 aromatic rings. The number of hydrogen-bond donors (Lipinski definition) is 4. The molecule has 0 amide bonds. The van der Waals surface area contributed by atoms with Crippen LogP contribution in [0.15, 0.2) is 39.4 Å². The smallest absolute Gasteiger partial charge is 0.294 e. The molecule has 0 aliphatic carbocycles. The quantitative estimate of drug-likeness (QED) is 0.475. The molecule has 1 aromatic heterocycles. The number of nitrogens with zero attached hydrogens (tertiary/aromatic N) is 4. The Balaban J connectivity index is 2.39. The number of rotatable bonds is 3. The van der Waals surface area contributed by atoms with Gasteiger partial charge in [-0.15, -0.1) is 5.11 Å². The highest BCUT2D eigenvalue weighted by molar-refractivity contribution is 7.85. The van der Waals surface area contributed by atoms with Crippen LogP contribution in [0.25, 0.3) is 0 Å². The molecule has 0 radical (unpaired) electrons. The summed E-state index contributed by atoms with van der Waals surface area (Å²) < 4.78 is 31.0. The van der Waals surface area contributed by atoms with E-state index in [1.165, 1.54) is 18.2 Å². The lowest BCUT2D eigenvalue weighted by Crippen LogP contribution is -2.03. The minimum absolute atomic E-state index is 0.0152. The van der Waals surface area contributed by atoms with Crippen molar-refractivity contribution >= 4 is 39.1 Å². The Hall–Kier alpha value is -2.79. The third-order valence-electron chi connectivity index (χ3n) is 2.34. The zero-order chi connectivity index (χ0) is 15.6. The van der Waals surface area contributed by atoms with Gasteiger partial charge >= 0.3 is 0 Å². The summed E-state index contributed by atoms with van der Waals surface area (Å²) in [6.45, 7) is 0. The van der Waals surface area contributed by atoms with Crippen LogP contribution in [0.2, 0.25) is 0 Å². The first kappa shape index (κ1) is 14.6. The first-order valence-corrected chi connectivity index (χ1v) is 6.89. The fourth-order valence-corrected chi connectivity index (χ4v) is 1.95. The van der Waals surface area contributed by atoms with E-state index in [1.54, 1.807) is 0 Å². The van der Waals surface area contributed by atoms with Crippen LogP contribution in [-0.4, -0.2) is 22.9 Å². The van der Waals surface area contributed by atoms with E-state index in [4.69, 9.17) is 21.8 Å². The van der Waals surface area contributed by atoms with Gasteiger partial charge in [0.15, 0.2) is 17.3 Å². The first-order valence-electron chi connectivity index (χ1n) is 5.45. The summed E-state index contributed by atoms with van der Waals surface area (Å²) in [5.41, 5.74) is 16.7. The molecule has 0 fully saturated rings. The molecular weight excluding hydrogens is 298 g/mol. The van der Waals surface area contributed by atoms with Gasteiger partial charge in [0, 0.05) is 0 Å². The fourth-order valence-electron chi connectivity index (χ4n) is 1.43. The van der Waals surface area contributed by atoms with Crippen molar-refractivity contribution in [3.05, 3.63) is 24.3 Å². The Morgan fingerprint density at radius 1 is 1.05 bits per heavy atom. The van der Waals surface area contributed by atoms with E-state index in [-0.39, 0.29) is 33.9 Å². The summed E-state index contributed by atoms with van der Waals surface area (Å²) in [4.78, 5) is 7.04. The monoisotopic (exact) mass is 309 g/mol. The van der Waals surface area contributed by atoms with E-state index in [0.717, 1.165) is 6.07 Å². The summed E-state index contributed by atoms with van der Waals surface area (Å²) in [7, 11) is -4.32. The lowest BCUT2D eigenvalue weighted by Gasteiger charge is -2.02. The predicted molar refractivity (Wildman–Crippen MR) is 75.7 cm³/mol. The van der Waals surface area contributed by atoms with Gasteiger partial charge in [-0.2, -0.15) is 23.5 Å². The summed E-state index contributed by atoms with van der Waals surface area (Å²) in [5.74, 6) is -0.221. The first-order chi connectivity index (χ1) is 9.77. The maximum absolute atomic E-state index is 11.0. The van der Waals surface area contributed by atoms with Gasteiger partial charge < -0.3 is 17.2 Å². The van der Waals surface area contributed by atoms with Gasteiger partial charge in [-0.3, -0.25) is 4.55 Å². The van der Waals surface area contributed by atoms with E-state index >= 15 is 0 Å². The summed E-state index contributed by atoms with van der Waals surface area (Å²) in [6, 6.07) is 5.21. The summed E-state index contributed by atoms with van der Waals surface area (Å²) >= 11 is 0. The number of nitrogens with two attached hydrogens (primary N) is 3. The molecule has 1 heterocycles. The van der Waals surface area contributed by atoms with Crippen LogP contribution in [0, 0.1) is 0 Å². The second-order valence-corrected chi connectivity index (χ2v) is 5.29. The van der Waals surface area contributed by atoms with Crippen molar-refractivity contribution in [2.45, 2.75) is 4.90 Å². The van der Waals surface area contributed by atoms with Crippen molar-refractivity contribution in [1.82, 2.24) is 9.97 Å². The Bertz CT molecular complexity index is 796. The normalized spacial score (nSPS) is 11.9. The molecule has 0 aliphatic heterocycles. The van der Waals surface area contributed by atoms with Gasteiger partial charge in [-0.05, 0) is 18.2 Å². The van der Waals surface area contributed by atoms with Gasteiger partial charge in [0.2, 0.25) is 5.95 Å². The Labute approximate surface area is 119 Å². The van der Waals surface area contributed by atoms with Crippen molar-refractivity contribution in [2.75, 3.05) is 17.2 Å². The molecular formula is C10H11N7O3S. The fraction of sp³-hybridized carbons (Fsp3) is 0. The topological polar surface area (TPSA) is 183 Å². The number of hydrogen-bond acceptors (Lipinski definition) is 9. The molecule has 0 spiro atoms. The van der Waals surface area contributed by atoms with E-state index < -0.39 is 10.1 Å². The highest BCUT2D eigenvalue weighted by Gasteiger charge is 2.10. The maximum atomic E-state index is 11.0. The van der Waals surface area contributed by atoms with E-state index in [1.807, 2.05) is 0 Å². The molecule has 21 heavy (non-hydrogen) atoms. The number of anilines is 3. The molecule has 0 aliphatic rings. The molecule has 0 saturated carbocycles. The van der Waals surface area contributed by atoms with Crippen LogP contribution in [0.3, 0.4) is 0 Å². The zero-order valence-electron chi connectivity index (χ0n) is 10.5. The van der Waals surface area contributed by atoms with Crippen molar-refractivity contribution in [2.24, 2.45) is 10.2 Å². The molecule has 2 rings (SSSR count). The molecule has 11 heteroatoms. The third kappa shape index (κ3) is 3.40. The van der Waals surface area contributed by atoms with E-state index in [2.05, 4.69) is 20.2 Å². The van der Waals surface area contributed by atoms with Crippen molar-refractivity contribution in [3.8, 4) is 0 Å². The molecule has 7 N–H and O–H groups in total. The summed E-state index contributed by atoms with van der Waals surface area (Å²) in [6.07, 6.45) is 0. The number of benzene rings is 1. The van der Waals surface area contributed by atoms with Crippen LogP contribution in [0.5, 0.6) is 0 Å². The summed E-state index contributed by atoms with van der Waals surface area (Å²) in [5, 5.41) is 7.53. The highest BCUT2D eigenvalue weighted by Crippen LogP contribution is 2.29. The average molecular weight is 309 g/mol. The number of nitrogen functional groups attached to an aromatic ring is 3. The minimum Gasteiger partial charge on any atom is -0.382 e. The van der Waals surface area contributed by atoms with Crippen molar-refractivity contribution in [3.63, 3.8) is 0 Å². The highest BCUT2D eigenvalue weighted by atomic mass is 32.2. The minimum atomic E-state index is -4.32. The van der Waals surface area contributed by atoms with Crippen LogP contribution < -0.4 is 17.2 Å². The third-order valence-corrected chi connectivity index (χ3v) is 3.19. The lowest BCUT2D eigenvalue weighted by atomic mass is 10.3. The maximum Gasteiger partial charge on any atom is 0.294 e. The number of azo groups is 1. The van der Waals surface area contributed by atoms with Gasteiger partial charge in [-0.1, -0.05) is 6.07 Å². The SMILES string of the molecule is Nc1nc(N)c(/N=N/c2cccc(S(=O)(=O)O)c2)c(N)n1. The lowest BCUT2D eigenvalue weighted by molar-refractivity contribution is 0.483. The Morgan fingerprint density at radius 2 is 1.67 bits per heavy atom. The standard InChI is InChI=1S/C10H11N7O3S/c11-8-7(9(12)15-10(13)14-8)17-16-5-2-1-3-6(4-5)21(18,19)20/h1-4H,(H,18,19,20)(H6,11,12,13,14,15)/b17-16+. The Morgan fingerprint density at radius 3 is 2.24 bits per heavy atom. The second kappa shape index (κ2) is 5.30.